The molecule has 0 bridgehead atoms. The van der Waals surface area contributed by atoms with E-state index in [2.05, 4.69) is 4.98 Å². The molecule has 0 aliphatic rings. The maximum absolute atomic E-state index is 12.6. The second-order valence-corrected chi connectivity index (χ2v) is 3.79. The summed E-state index contributed by atoms with van der Waals surface area (Å²) >= 11 is 0. The van der Waals surface area contributed by atoms with Gasteiger partial charge in [-0.1, -0.05) is 0 Å². The van der Waals surface area contributed by atoms with Gasteiger partial charge in [0.2, 0.25) is 0 Å². The number of anilines is 1. The summed E-state index contributed by atoms with van der Waals surface area (Å²) in [6, 6.07) is 3.35. The third-order valence-electron chi connectivity index (χ3n) is 2.41. The smallest absolute Gasteiger partial charge is 0.399 e. The number of rotatable bonds is 2. The van der Waals surface area contributed by atoms with E-state index in [1.54, 1.807) is 6.20 Å². The number of nitrogens with two attached hydrogens (primary N) is 2. The van der Waals surface area contributed by atoms with E-state index < -0.39 is 11.7 Å². The molecule has 0 unspecified atom stereocenters. The second kappa shape index (κ2) is 4.34. The van der Waals surface area contributed by atoms with Crippen molar-refractivity contribution in [2.24, 2.45) is 5.73 Å². The van der Waals surface area contributed by atoms with Gasteiger partial charge in [-0.05, 0) is 18.2 Å². The summed E-state index contributed by atoms with van der Waals surface area (Å²) < 4.78 is 39.4. The number of nitrogens with zero attached hydrogens (tertiary/aromatic N) is 2. The Morgan fingerprint density at radius 3 is 2.50 bits per heavy atom. The fraction of sp³-hybridized carbons (Fsp3) is 0.182. The minimum atomic E-state index is -4.43. The summed E-state index contributed by atoms with van der Waals surface area (Å²) in [5.41, 5.74) is 11.0. The fourth-order valence-corrected chi connectivity index (χ4v) is 1.56. The molecule has 0 radical (unpaired) electrons. The lowest BCUT2D eigenvalue weighted by atomic mass is 10.1. The molecule has 96 valence electrons. The van der Waals surface area contributed by atoms with Gasteiger partial charge in [-0.25, -0.2) is 4.98 Å². The van der Waals surface area contributed by atoms with E-state index in [0.717, 1.165) is 12.1 Å². The van der Waals surface area contributed by atoms with E-state index in [9.17, 15) is 13.2 Å². The number of halogens is 3. The minimum Gasteiger partial charge on any atom is -0.399 e. The van der Waals surface area contributed by atoms with E-state index >= 15 is 0 Å². The molecule has 0 aliphatic carbocycles. The first-order valence-electron chi connectivity index (χ1n) is 5.11. The first-order valence-corrected chi connectivity index (χ1v) is 5.11. The molecule has 4 nitrogen and oxygen atoms in total. The Hall–Kier alpha value is -2.02. The topological polar surface area (TPSA) is 69.9 Å². The largest absolute Gasteiger partial charge is 0.416 e. The molecule has 1 aromatic carbocycles. The molecular weight excluding hydrogens is 245 g/mol. The monoisotopic (exact) mass is 256 g/mol. The Bertz CT molecular complexity index is 560. The van der Waals surface area contributed by atoms with Gasteiger partial charge in [-0.3, -0.25) is 0 Å². The average Bonchev–Trinajstić information content (AvgIpc) is 2.75. The molecule has 0 aliphatic heterocycles. The minimum absolute atomic E-state index is 0.0443. The number of nitrogen functional groups attached to an aromatic ring is 1. The molecule has 7 heteroatoms. The number of hydrogen-bond acceptors (Lipinski definition) is 3. The Kier molecular flexibility index (Phi) is 3.00. The average molecular weight is 256 g/mol. The van der Waals surface area contributed by atoms with Crippen molar-refractivity contribution in [1.82, 2.24) is 9.55 Å². The van der Waals surface area contributed by atoms with Gasteiger partial charge in [-0.15, -0.1) is 0 Å². The molecule has 0 atom stereocenters. The number of hydrogen-bond donors (Lipinski definition) is 2. The standard InChI is InChI=1S/C11H11F3N4/c12-11(13,14)7-1-8(16)3-10(2-7)18-5-9(4-15)17-6-18/h1-3,5-6H,4,15-16H2. The predicted molar refractivity (Wildman–Crippen MR) is 60.9 cm³/mol. The van der Waals surface area contributed by atoms with E-state index in [1.807, 2.05) is 0 Å². The zero-order chi connectivity index (χ0) is 13.3. The van der Waals surface area contributed by atoms with Crippen molar-refractivity contribution < 1.29 is 13.2 Å². The maximum Gasteiger partial charge on any atom is 0.416 e. The predicted octanol–water partition coefficient (Wildman–Crippen LogP) is 1.93. The van der Waals surface area contributed by atoms with Crippen molar-refractivity contribution in [1.29, 1.82) is 0 Å². The van der Waals surface area contributed by atoms with Crippen LogP contribution in [0.15, 0.2) is 30.7 Å². The van der Waals surface area contributed by atoms with Crippen molar-refractivity contribution in [3.05, 3.63) is 42.0 Å². The van der Waals surface area contributed by atoms with Gasteiger partial charge in [0.15, 0.2) is 0 Å². The van der Waals surface area contributed by atoms with Crippen LogP contribution in [-0.4, -0.2) is 9.55 Å². The highest BCUT2D eigenvalue weighted by atomic mass is 19.4. The van der Waals surface area contributed by atoms with Gasteiger partial charge in [0.1, 0.15) is 0 Å². The normalized spacial score (nSPS) is 11.8. The van der Waals surface area contributed by atoms with Crippen LogP contribution in [0.1, 0.15) is 11.3 Å². The highest BCUT2D eigenvalue weighted by Crippen LogP contribution is 2.32. The van der Waals surface area contributed by atoms with Crippen LogP contribution >= 0.6 is 0 Å². The van der Waals surface area contributed by atoms with Crippen LogP contribution in [0.3, 0.4) is 0 Å². The number of alkyl halides is 3. The van der Waals surface area contributed by atoms with Gasteiger partial charge in [0.25, 0.3) is 0 Å². The van der Waals surface area contributed by atoms with Gasteiger partial charge >= 0.3 is 6.18 Å². The molecule has 1 heterocycles. The lowest BCUT2D eigenvalue weighted by Crippen LogP contribution is -2.07. The summed E-state index contributed by atoms with van der Waals surface area (Å²) in [7, 11) is 0. The van der Waals surface area contributed by atoms with Crippen LogP contribution in [0.25, 0.3) is 5.69 Å². The third-order valence-corrected chi connectivity index (χ3v) is 2.41. The van der Waals surface area contributed by atoms with Crippen molar-refractivity contribution >= 4 is 5.69 Å². The number of benzene rings is 1. The number of imidazole rings is 1. The highest BCUT2D eigenvalue weighted by Gasteiger charge is 2.31. The van der Waals surface area contributed by atoms with Crippen molar-refractivity contribution in [3.63, 3.8) is 0 Å². The van der Waals surface area contributed by atoms with Crippen molar-refractivity contribution in [2.75, 3.05) is 5.73 Å². The van der Waals surface area contributed by atoms with Crippen molar-refractivity contribution in [2.45, 2.75) is 12.7 Å². The van der Waals surface area contributed by atoms with E-state index in [4.69, 9.17) is 11.5 Å². The summed E-state index contributed by atoms with van der Waals surface area (Å²) in [5.74, 6) is 0. The molecule has 0 spiro atoms. The molecular formula is C11H11F3N4. The Labute approximate surface area is 101 Å². The van der Waals surface area contributed by atoms with E-state index in [1.165, 1.54) is 17.0 Å². The summed E-state index contributed by atoms with van der Waals surface area (Å²) in [6.07, 6.45) is -1.46. The zero-order valence-corrected chi connectivity index (χ0v) is 9.28. The quantitative estimate of drug-likeness (QED) is 0.806. The summed E-state index contributed by atoms with van der Waals surface area (Å²) in [6.45, 7) is 0.224. The van der Waals surface area contributed by atoms with Crippen molar-refractivity contribution in [3.8, 4) is 5.69 Å². The molecule has 18 heavy (non-hydrogen) atoms. The van der Waals surface area contributed by atoms with Gasteiger partial charge in [0.05, 0.1) is 17.6 Å². The summed E-state index contributed by atoms with van der Waals surface area (Å²) in [4.78, 5) is 3.95. The highest BCUT2D eigenvalue weighted by molar-refractivity contribution is 5.51. The number of aromatic nitrogens is 2. The second-order valence-electron chi connectivity index (χ2n) is 3.79. The Morgan fingerprint density at radius 1 is 1.22 bits per heavy atom. The molecule has 4 N–H and O–H groups in total. The Morgan fingerprint density at radius 2 is 1.94 bits per heavy atom. The molecule has 1 aromatic heterocycles. The van der Waals surface area contributed by atoms with E-state index in [0.29, 0.717) is 11.4 Å². The molecule has 0 saturated heterocycles. The first-order chi connectivity index (χ1) is 8.40. The van der Waals surface area contributed by atoms with E-state index in [-0.39, 0.29) is 12.2 Å². The zero-order valence-electron chi connectivity index (χ0n) is 9.28. The van der Waals surface area contributed by atoms with Crippen LogP contribution in [0.2, 0.25) is 0 Å². The Balaban J connectivity index is 2.48. The van der Waals surface area contributed by atoms with Crippen LogP contribution < -0.4 is 11.5 Å². The lowest BCUT2D eigenvalue weighted by Gasteiger charge is -2.10. The lowest BCUT2D eigenvalue weighted by molar-refractivity contribution is -0.137. The van der Waals surface area contributed by atoms with Gasteiger partial charge in [-0.2, -0.15) is 13.2 Å². The molecule has 2 rings (SSSR count). The first kappa shape index (κ1) is 12.4. The molecule has 0 fully saturated rings. The van der Waals surface area contributed by atoms with Gasteiger partial charge < -0.3 is 16.0 Å². The fourth-order valence-electron chi connectivity index (χ4n) is 1.56. The molecule has 2 aromatic rings. The summed E-state index contributed by atoms with van der Waals surface area (Å²) in [5, 5.41) is 0. The van der Waals surface area contributed by atoms with Crippen LogP contribution in [0, 0.1) is 0 Å². The third kappa shape index (κ3) is 2.45. The molecule has 0 amide bonds. The maximum atomic E-state index is 12.6. The van der Waals surface area contributed by atoms with Crippen LogP contribution in [0.5, 0.6) is 0 Å². The molecule has 0 saturated carbocycles. The van der Waals surface area contributed by atoms with Gasteiger partial charge in [0, 0.05) is 24.1 Å². The SMILES string of the molecule is NCc1cn(-c2cc(N)cc(C(F)(F)F)c2)cn1. The van der Waals surface area contributed by atoms with Crippen LogP contribution in [-0.2, 0) is 12.7 Å². The van der Waals surface area contributed by atoms with Crippen LogP contribution in [0.4, 0.5) is 18.9 Å².